The molecule has 1 aromatic heterocycles. The molecule has 0 radical (unpaired) electrons. The fourth-order valence-corrected chi connectivity index (χ4v) is 1.98. The summed E-state index contributed by atoms with van der Waals surface area (Å²) >= 11 is 0. The molecule has 0 unspecified atom stereocenters. The second kappa shape index (κ2) is 5.26. The van der Waals surface area contributed by atoms with E-state index >= 15 is 0 Å². The van der Waals surface area contributed by atoms with E-state index in [4.69, 9.17) is 10.5 Å². The normalized spacial score (nSPS) is 14.6. The zero-order chi connectivity index (χ0) is 13.9. The van der Waals surface area contributed by atoms with Crippen molar-refractivity contribution >= 4 is 11.6 Å². The van der Waals surface area contributed by atoms with E-state index < -0.39 is 0 Å². The summed E-state index contributed by atoms with van der Waals surface area (Å²) in [5, 5.41) is 2.87. The molecule has 0 spiro atoms. The van der Waals surface area contributed by atoms with Crippen molar-refractivity contribution in [3.8, 4) is 11.4 Å². The molecule has 20 heavy (non-hydrogen) atoms. The van der Waals surface area contributed by atoms with Crippen LogP contribution >= 0.6 is 0 Å². The Morgan fingerprint density at radius 1 is 1.25 bits per heavy atom. The van der Waals surface area contributed by atoms with Crippen LogP contribution in [0.5, 0.6) is 0 Å². The van der Waals surface area contributed by atoms with Gasteiger partial charge in [-0.05, 0) is 18.2 Å². The minimum Gasteiger partial charge on any atom is -0.397 e. The Morgan fingerprint density at radius 3 is 2.65 bits per heavy atom. The Kier molecular flexibility index (Phi) is 3.30. The molecule has 3 N–H and O–H groups in total. The van der Waals surface area contributed by atoms with E-state index in [0.29, 0.717) is 35.9 Å². The Labute approximate surface area is 116 Å². The number of nitrogens with two attached hydrogens (primary N) is 1. The Bertz CT molecular complexity index is 626. The summed E-state index contributed by atoms with van der Waals surface area (Å²) in [5.74, 6) is 0.306. The number of nitrogens with zero attached hydrogens (tertiary/aromatic N) is 2. The van der Waals surface area contributed by atoms with Gasteiger partial charge in [0.15, 0.2) is 5.82 Å². The molecular formula is C14H14N4O2. The summed E-state index contributed by atoms with van der Waals surface area (Å²) < 4.78 is 5.03. The van der Waals surface area contributed by atoms with Crippen molar-refractivity contribution < 1.29 is 9.53 Å². The number of nitrogens with one attached hydrogen (secondary N) is 1. The first-order valence-electron chi connectivity index (χ1n) is 6.30. The number of anilines is 1. The first-order chi connectivity index (χ1) is 9.75. The van der Waals surface area contributed by atoms with Crippen LogP contribution in [0.25, 0.3) is 11.4 Å². The topological polar surface area (TPSA) is 90.1 Å². The summed E-state index contributed by atoms with van der Waals surface area (Å²) in [5.41, 5.74) is 7.55. The zero-order valence-corrected chi connectivity index (χ0v) is 10.7. The standard InChI is InChI=1S/C14H14N4O2/c15-12-10(13-16-5-2-6-17-13)3-1-4-11(12)14(19)18-9-7-20-8-9/h1-6,9H,7-8,15H2,(H,18,19). The molecule has 102 valence electrons. The monoisotopic (exact) mass is 270 g/mol. The van der Waals surface area contributed by atoms with Gasteiger partial charge in [0.25, 0.3) is 5.91 Å². The minimum absolute atomic E-state index is 0.0681. The van der Waals surface area contributed by atoms with E-state index in [1.165, 1.54) is 0 Å². The highest BCUT2D eigenvalue weighted by Crippen LogP contribution is 2.25. The molecule has 6 nitrogen and oxygen atoms in total. The molecular weight excluding hydrogens is 256 g/mol. The Hall–Kier alpha value is -2.47. The lowest BCUT2D eigenvalue weighted by atomic mass is 10.1. The number of benzene rings is 1. The van der Waals surface area contributed by atoms with Gasteiger partial charge in [-0.15, -0.1) is 0 Å². The average Bonchev–Trinajstić information content (AvgIpc) is 2.44. The second-order valence-corrected chi connectivity index (χ2v) is 4.55. The van der Waals surface area contributed by atoms with Gasteiger partial charge in [0.2, 0.25) is 0 Å². The number of carbonyl (C=O) groups is 1. The van der Waals surface area contributed by atoms with Crippen LogP contribution in [-0.2, 0) is 4.74 Å². The number of nitrogen functional groups attached to an aromatic ring is 1. The molecule has 0 aliphatic carbocycles. The van der Waals surface area contributed by atoms with Crippen LogP contribution in [0.3, 0.4) is 0 Å². The number of amides is 1. The van der Waals surface area contributed by atoms with Gasteiger partial charge in [0, 0.05) is 18.0 Å². The number of hydrogen-bond acceptors (Lipinski definition) is 5. The molecule has 0 atom stereocenters. The van der Waals surface area contributed by atoms with Crippen LogP contribution in [0.4, 0.5) is 5.69 Å². The van der Waals surface area contributed by atoms with Crippen LogP contribution in [-0.4, -0.2) is 35.1 Å². The average molecular weight is 270 g/mol. The third kappa shape index (κ3) is 2.33. The van der Waals surface area contributed by atoms with E-state index in [2.05, 4.69) is 15.3 Å². The summed E-state index contributed by atoms with van der Waals surface area (Å²) in [6, 6.07) is 7.06. The van der Waals surface area contributed by atoms with Crippen molar-refractivity contribution in [2.45, 2.75) is 6.04 Å². The molecule has 1 aromatic carbocycles. The molecule has 2 heterocycles. The van der Waals surface area contributed by atoms with Gasteiger partial charge in [-0.2, -0.15) is 0 Å². The number of carbonyl (C=O) groups excluding carboxylic acids is 1. The molecule has 3 rings (SSSR count). The lowest BCUT2D eigenvalue weighted by Gasteiger charge is -2.27. The zero-order valence-electron chi connectivity index (χ0n) is 10.7. The molecule has 1 aliphatic heterocycles. The Morgan fingerprint density at radius 2 is 2.00 bits per heavy atom. The Balaban J connectivity index is 1.90. The van der Waals surface area contributed by atoms with Crippen LogP contribution in [0.2, 0.25) is 0 Å². The molecule has 1 aliphatic rings. The molecule has 0 bridgehead atoms. The van der Waals surface area contributed by atoms with Crippen molar-refractivity contribution in [2.75, 3.05) is 18.9 Å². The molecule has 0 saturated carbocycles. The minimum atomic E-state index is -0.200. The van der Waals surface area contributed by atoms with E-state index in [-0.39, 0.29) is 11.9 Å². The molecule has 2 aromatic rings. The maximum absolute atomic E-state index is 12.2. The smallest absolute Gasteiger partial charge is 0.253 e. The van der Waals surface area contributed by atoms with Crippen LogP contribution in [0, 0.1) is 0 Å². The fraction of sp³-hybridized carbons (Fsp3) is 0.214. The quantitative estimate of drug-likeness (QED) is 0.807. The van der Waals surface area contributed by atoms with Crippen LogP contribution in [0.1, 0.15) is 10.4 Å². The highest BCUT2D eigenvalue weighted by molar-refractivity contribution is 6.02. The van der Waals surface area contributed by atoms with Crippen LogP contribution in [0.15, 0.2) is 36.7 Å². The van der Waals surface area contributed by atoms with Gasteiger partial charge in [-0.1, -0.05) is 6.07 Å². The summed E-state index contributed by atoms with van der Waals surface area (Å²) in [6.45, 7) is 1.10. The molecule has 1 fully saturated rings. The fourth-order valence-electron chi connectivity index (χ4n) is 1.98. The highest BCUT2D eigenvalue weighted by atomic mass is 16.5. The lowest BCUT2D eigenvalue weighted by molar-refractivity contribution is -0.00344. The maximum atomic E-state index is 12.2. The van der Waals surface area contributed by atoms with Crippen molar-refractivity contribution in [1.82, 2.24) is 15.3 Å². The number of ether oxygens (including phenoxy) is 1. The van der Waals surface area contributed by atoms with Crippen molar-refractivity contribution in [3.05, 3.63) is 42.2 Å². The summed E-state index contributed by atoms with van der Waals surface area (Å²) in [6.07, 6.45) is 3.28. The largest absolute Gasteiger partial charge is 0.397 e. The van der Waals surface area contributed by atoms with Crippen LogP contribution < -0.4 is 11.1 Å². The van der Waals surface area contributed by atoms with Gasteiger partial charge >= 0.3 is 0 Å². The third-order valence-corrected chi connectivity index (χ3v) is 3.13. The molecule has 6 heteroatoms. The third-order valence-electron chi connectivity index (χ3n) is 3.13. The van der Waals surface area contributed by atoms with Gasteiger partial charge in [0.1, 0.15) is 0 Å². The highest BCUT2D eigenvalue weighted by Gasteiger charge is 2.22. The van der Waals surface area contributed by atoms with Crippen molar-refractivity contribution in [3.63, 3.8) is 0 Å². The van der Waals surface area contributed by atoms with Gasteiger partial charge in [0.05, 0.1) is 30.5 Å². The van der Waals surface area contributed by atoms with Gasteiger partial charge in [-0.3, -0.25) is 4.79 Å². The number of para-hydroxylation sites is 1. The van der Waals surface area contributed by atoms with Gasteiger partial charge < -0.3 is 15.8 Å². The second-order valence-electron chi connectivity index (χ2n) is 4.55. The summed E-state index contributed by atoms with van der Waals surface area (Å²) in [7, 11) is 0. The first kappa shape index (κ1) is 12.6. The first-order valence-corrected chi connectivity index (χ1v) is 6.30. The van der Waals surface area contributed by atoms with E-state index in [1.54, 1.807) is 36.7 Å². The van der Waals surface area contributed by atoms with E-state index in [0.717, 1.165) is 0 Å². The number of rotatable bonds is 3. The SMILES string of the molecule is Nc1c(C(=O)NC2COC2)cccc1-c1ncccn1. The van der Waals surface area contributed by atoms with Crippen molar-refractivity contribution in [1.29, 1.82) is 0 Å². The maximum Gasteiger partial charge on any atom is 0.253 e. The van der Waals surface area contributed by atoms with E-state index in [1.807, 2.05) is 0 Å². The predicted molar refractivity (Wildman–Crippen MR) is 74.0 cm³/mol. The molecule has 1 amide bonds. The number of aromatic nitrogens is 2. The predicted octanol–water partition coefficient (Wildman–Crippen LogP) is 0.854. The number of hydrogen-bond donors (Lipinski definition) is 2. The van der Waals surface area contributed by atoms with E-state index in [9.17, 15) is 4.79 Å². The summed E-state index contributed by atoms with van der Waals surface area (Å²) in [4.78, 5) is 20.5. The lowest BCUT2D eigenvalue weighted by Crippen LogP contribution is -2.48. The molecule has 1 saturated heterocycles. The van der Waals surface area contributed by atoms with Crippen molar-refractivity contribution in [2.24, 2.45) is 0 Å². The van der Waals surface area contributed by atoms with Gasteiger partial charge in [-0.25, -0.2) is 9.97 Å².